The second kappa shape index (κ2) is 27.7. The molecule has 0 aliphatic rings. The number of aromatic nitrogens is 8. The molecule has 0 radical (unpaired) electrons. The predicted molar refractivity (Wildman–Crippen MR) is 416 cm³/mol. The standard InChI is InChI=1S/C24H27N2O.C23H25N2O.C22H23N2O.C21H21N2O/c1-14(2)11-18-8-10-20-19-9-7-15(3)22(23(19)27-24(20)25-18)21-12-16(4)17(5)13-26(21)6;1-13(2)19-10-9-18-17-8-7-14(3)21(22(17)26-23(18)24-19)20-11-15(4)16(5)12-25(20)6;1-6-16-8-10-18-17-9-7-13(2)20(21(17)25-22(18)23-16)19-11-14(3)15(4)12-24(19)5;1-12-6-8-16-17-9-7-15(4)22-21(17)24-20(16)19(12)18-10-13(2)14(3)11-23(18)5/h7-10,12-14H,11H2,1-6H3;7-13H,1-6H3;7-12H,6H2,1-5H3;6-11H,1-5H3/q4*+1/i1D3,5D3,14D;5D3,13D;4D3;3D3. The molecule has 0 aliphatic heterocycles. The van der Waals surface area contributed by atoms with Crippen LogP contribution in [0.25, 0.3) is 133 Å². The number of benzene rings is 4. The topological polar surface area (TPSA) is 120 Å². The Morgan fingerprint density at radius 1 is 0.353 bits per heavy atom. The monoisotopic (exact) mass is 1370 g/mol. The molecular weight excluding hydrogens is 1260 g/mol. The van der Waals surface area contributed by atoms with E-state index < -0.39 is 46.0 Å². The van der Waals surface area contributed by atoms with E-state index in [4.69, 9.17) is 41.0 Å². The summed E-state index contributed by atoms with van der Waals surface area (Å²) >= 11 is 0. The Morgan fingerprint density at radius 2 is 0.657 bits per heavy atom. The molecule has 0 bridgehead atoms. The smallest absolute Gasteiger partial charge is 0.227 e. The van der Waals surface area contributed by atoms with Gasteiger partial charge >= 0.3 is 0 Å². The molecule has 102 heavy (non-hydrogen) atoms. The summed E-state index contributed by atoms with van der Waals surface area (Å²) in [6, 6.07) is 39.4. The fraction of sp³-hybridized carbons (Fsp3) is 0.289. The quantitative estimate of drug-likeness (QED) is 0.138. The third-order valence-corrected chi connectivity index (χ3v) is 19.4. The summed E-state index contributed by atoms with van der Waals surface area (Å²) < 4.78 is 165. The van der Waals surface area contributed by atoms with E-state index in [1.807, 2.05) is 182 Å². The summed E-state index contributed by atoms with van der Waals surface area (Å²) in [6.07, 6.45) is 7.53. The van der Waals surface area contributed by atoms with Crippen molar-refractivity contribution in [3.63, 3.8) is 0 Å². The van der Waals surface area contributed by atoms with Gasteiger partial charge in [0, 0.05) is 136 Å². The molecule has 12 heterocycles. The van der Waals surface area contributed by atoms with Gasteiger partial charge in [-0.2, -0.15) is 0 Å². The van der Waals surface area contributed by atoms with Gasteiger partial charge in [-0.25, -0.2) is 38.2 Å². The number of furan rings is 4. The second-order valence-corrected chi connectivity index (χ2v) is 27.4. The van der Waals surface area contributed by atoms with Crippen molar-refractivity contribution in [2.75, 3.05) is 0 Å². The molecule has 16 rings (SSSR count). The average Bonchev–Trinajstić information content (AvgIpc) is 1.64. The molecule has 0 spiro atoms. The zero-order valence-electron chi connectivity index (χ0n) is 78.0. The lowest BCUT2D eigenvalue weighted by Gasteiger charge is -2.07. The van der Waals surface area contributed by atoms with Crippen molar-refractivity contribution in [1.29, 1.82) is 0 Å². The lowest BCUT2D eigenvalue weighted by Crippen LogP contribution is -2.31. The number of rotatable bonds is 8. The Hall–Kier alpha value is -10.7. The molecule has 516 valence electrons. The largest absolute Gasteiger partial charge is 0.437 e. The van der Waals surface area contributed by atoms with Crippen molar-refractivity contribution in [2.24, 2.45) is 34.1 Å². The van der Waals surface area contributed by atoms with E-state index in [0.717, 1.165) is 150 Å². The van der Waals surface area contributed by atoms with E-state index in [2.05, 4.69) is 57.2 Å². The Labute approximate surface area is 622 Å². The normalized spacial score (nSPS) is 15.4. The highest BCUT2D eigenvalue weighted by Gasteiger charge is 2.27. The van der Waals surface area contributed by atoms with E-state index in [1.54, 1.807) is 56.2 Å². The summed E-state index contributed by atoms with van der Waals surface area (Å²) in [5.41, 5.74) is 23.6. The van der Waals surface area contributed by atoms with Crippen LogP contribution < -0.4 is 18.3 Å². The maximum absolute atomic E-state index is 8.26. The van der Waals surface area contributed by atoms with Crippen LogP contribution in [0.3, 0.4) is 0 Å². The third-order valence-electron chi connectivity index (χ3n) is 19.4. The van der Waals surface area contributed by atoms with Gasteiger partial charge in [-0.05, 0) is 207 Å². The van der Waals surface area contributed by atoms with E-state index in [9.17, 15) is 0 Å². The highest BCUT2D eigenvalue weighted by Crippen LogP contribution is 2.42. The summed E-state index contributed by atoms with van der Waals surface area (Å²) in [6.45, 7) is 13.3. The molecule has 0 saturated carbocycles. The Bertz CT molecular complexity index is 6750. The number of pyridine rings is 8. The minimum atomic E-state index is -2.44. The van der Waals surface area contributed by atoms with E-state index in [0.29, 0.717) is 78.8 Å². The van der Waals surface area contributed by atoms with Gasteiger partial charge in [0.05, 0.1) is 22.3 Å². The maximum atomic E-state index is 8.26. The van der Waals surface area contributed by atoms with E-state index in [-0.39, 0.29) is 6.42 Å². The Morgan fingerprint density at radius 3 is 0.990 bits per heavy atom. The zero-order chi connectivity index (χ0) is 86.9. The highest BCUT2D eigenvalue weighted by atomic mass is 16.4. The van der Waals surface area contributed by atoms with Gasteiger partial charge in [0.2, 0.25) is 45.6 Å². The molecule has 1 atom stereocenters. The first-order chi connectivity index (χ1) is 55.3. The molecule has 1 unspecified atom stereocenters. The van der Waals surface area contributed by atoms with Crippen LogP contribution in [0, 0.1) is 95.6 Å². The van der Waals surface area contributed by atoms with Crippen molar-refractivity contribution in [1.82, 2.24) is 19.9 Å². The Kier molecular flexibility index (Phi) is 13.9. The lowest BCUT2D eigenvalue weighted by molar-refractivity contribution is -0.660. The van der Waals surface area contributed by atoms with Crippen LogP contribution >= 0.6 is 0 Å². The van der Waals surface area contributed by atoms with Gasteiger partial charge in [-0.15, -0.1) is 0 Å². The fourth-order valence-electron chi connectivity index (χ4n) is 13.6. The maximum Gasteiger partial charge on any atom is 0.227 e. The first-order valence-electron chi connectivity index (χ1n) is 42.7. The van der Waals surface area contributed by atoms with Crippen LogP contribution in [0.1, 0.15) is 153 Å². The molecule has 4 aromatic carbocycles. The average molecular weight is 1370 g/mol. The van der Waals surface area contributed by atoms with Crippen molar-refractivity contribution in [3.8, 4) is 45.0 Å². The van der Waals surface area contributed by atoms with Gasteiger partial charge < -0.3 is 17.7 Å². The van der Waals surface area contributed by atoms with Crippen LogP contribution in [0.2, 0.25) is 0 Å². The first-order valence-corrected chi connectivity index (χ1v) is 34.2. The second-order valence-electron chi connectivity index (χ2n) is 27.4. The summed E-state index contributed by atoms with van der Waals surface area (Å²) in [5.74, 6) is -2.49. The van der Waals surface area contributed by atoms with Crippen molar-refractivity contribution in [3.05, 3.63) is 236 Å². The number of fused-ring (bicyclic) bond motifs is 12. The SMILES string of the molecule is [2H]C([2H])([2H])c1c[n+](C)c(-c2c(C)ccc3c2oc2nc(C([2H])(C)C)ccc23)cc1C.[2H]C([2H])([2H])c1c[n+](C)c(-c2c(C)ccc3c2oc2nc(C)ccc23)cc1C.[2H]C([2H])([2H])c1c[n+](C)c(-c2c(C)ccc3c2oc2nc(CC([2H])(C)C([2H])([2H])[2H])ccc23)cc1C.[2H]C([2H])([2H])c1c[n+](C)c(-c2c(C)ccc3c2oc2nc(CC)ccc23)cc1C. The summed E-state index contributed by atoms with van der Waals surface area (Å²) in [7, 11) is 7.40. The van der Waals surface area contributed by atoms with Crippen LogP contribution in [0.15, 0.2) is 164 Å². The molecule has 12 aromatic heterocycles. The molecule has 0 N–H and O–H groups in total. The molecule has 0 saturated heterocycles. The van der Waals surface area contributed by atoms with Gasteiger partial charge in [-0.1, -0.05) is 83.1 Å². The number of hydrogen-bond acceptors (Lipinski definition) is 8. The third kappa shape index (κ3) is 13.0. The minimum Gasteiger partial charge on any atom is -0.437 e. The molecule has 12 nitrogen and oxygen atoms in total. The van der Waals surface area contributed by atoms with E-state index >= 15 is 0 Å². The lowest BCUT2D eigenvalue weighted by atomic mass is 9.99. The fourth-order valence-corrected chi connectivity index (χ4v) is 13.6. The zero-order valence-corrected chi connectivity index (χ0v) is 61.0. The highest BCUT2D eigenvalue weighted by molar-refractivity contribution is 6.12. The molecule has 12 heteroatoms. The van der Waals surface area contributed by atoms with Gasteiger partial charge in [-0.3, -0.25) is 0 Å². The summed E-state index contributed by atoms with van der Waals surface area (Å²) in [5, 5.41) is 7.50. The van der Waals surface area contributed by atoms with Crippen molar-refractivity contribution < 1.29 is 59.2 Å². The predicted octanol–water partition coefficient (Wildman–Crippen LogP) is 20.8. The summed E-state index contributed by atoms with van der Waals surface area (Å²) in [4.78, 5) is 18.3. The van der Waals surface area contributed by atoms with Crippen LogP contribution in [0.5, 0.6) is 0 Å². The van der Waals surface area contributed by atoms with Gasteiger partial charge in [0.15, 0.2) is 47.1 Å². The van der Waals surface area contributed by atoms with Gasteiger partial charge in [0.25, 0.3) is 0 Å². The van der Waals surface area contributed by atoms with Crippen molar-refractivity contribution >= 4 is 88.3 Å². The molecular formula is C90H96N8O4+4. The molecule has 0 aliphatic carbocycles. The first kappa shape index (κ1) is 51.4. The van der Waals surface area contributed by atoms with Crippen LogP contribution in [0.4, 0.5) is 0 Å². The minimum absolute atomic E-state index is 0.0346. The Balaban J connectivity index is 0.000000138. The molecule has 0 fully saturated rings. The van der Waals surface area contributed by atoms with Crippen LogP contribution in [-0.4, -0.2) is 19.9 Å². The number of aryl methyl sites for hydroxylation is 18. The van der Waals surface area contributed by atoms with Gasteiger partial charge in [0.1, 0.15) is 28.2 Å². The van der Waals surface area contributed by atoms with E-state index in [1.165, 1.54) is 6.92 Å². The number of nitrogens with zero attached hydrogens (tertiary/aromatic N) is 8. The molecule has 16 aromatic rings. The van der Waals surface area contributed by atoms with Crippen molar-refractivity contribution in [2.45, 2.75) is 143 Å². The number of hydrogen-bond donors (Lipinski definition) is 0. The van der Waals surface area contributed by atoms with Crippen LogP contribution in [-0.2, 0) is 41.0 Å². The molecule has 0 amide bonds.